The van der Waals surface area contributed by atoms with Crippen molar-refractivity contribution >= 4 is 5.57 Å². The lowest BCUT2D eigenvalue weighted by molar-refractivity contribution is -0.484. The average Bonchev–Trinajstić information content (AvgIpc) is 2.73. The zero-order chi connectivity index (χ0) is 20.1. The van der Waals surface area contributed by atoms with Crippen LogP contribution in [0, 0.1) is 38.7 Å². The Morgan fingerprint density at radius 3 is 2.54 bits per heavy atom. The zero-order valence-corrected chi connectivity index (χ0v) is 15.2. The number of hydrogen-bond acceptors (Lipinski definition) is 6. The van der Waals surface area contributed by atoms with E-state index in [1.54, 1.807) is 55.6 Å². The first-order valence-electron chi connectivity index (χ1n) is 8.61. The second kappa shape index (κ2) is 8.24. The summed E-state index contributed by atoms with van der Waals surface area (Å²) in [4.78, 5) is 11.0. The lowest BCUT2D eigenvalue weighted by atomic mass is 9.76. The van der Waals surface area contributed by atoms with Gasteiger partial charge < -0.3 is 9.47 Å². The molecule has 0 saturated heterocycles. The van der Waals surface area contributed by atoms with Gasteiger partial charge in [0, 0.05) is 16.4 Å². The number of ether oxygens (including phenoxy) is 2. The quantitative estimate of drug-likeness (QED) is 0.449. The highest BCUT2D eigenvalue weighted by Crippen LogP contribution is 2.44. The van der Waals surface area contributed by atoms with Crippen LogP contribution in [0.3, 0.4) is 0 Å². The Morgan fingerprint density at radius 1 is 1.25 bits per heavy atom. The van der Waals surface area contributed by atoms with E-state index in [1.165, 1.54) is 0 Å². The monoisotopic (exact) mass is 375 g/mol. The molecule has 1 aliphatic rings. The van der Waals surface area contributed by atoms with Crippen LogP contribution in [0.2, 0.25) is 0 Å². The molecule has 0 N–H and O–H groups in total. The Balaban J connectivity index is 2.15. The highest BCUT2D eigenvalue weighted by molar-refractivity contribution is 5.81. The van der Waals surface area contributed by atoms with Gasteiger partial charge in [-0.3, -0.25) is 10.1 Å². The summed E-state index contributed by atoms with van der Waals surface area (Å²) in [6.07, 6.45) is 0. The van der Waals surface area contributed by atoms with Gasteiger partial charge in [0.1, 0.15) is 29.2 Å². The molecular weight excluding hydrogens is 358 g/mol. The minimum absolute atomic E-state index is 0.0531. The SMILES string of the molecule is COc1ccc([C@H](C[N+](=O)[O-])[C@@H]2COc3ccccc3C2=C(C#N)C#N)cc1. The molecule has 7 nitrogen and oxygen atoms in total. The lowest BCUT2D eigenvalue weighted by Gasteiger charge is -2.32. The first kappa shape index (κ1) is 18.9. The molecule has 0 amide bonds. The average molecular weight is 375 g/mol. The molecule has 0 spiro atoms. The molecule has 2 aromatic carbocycles. The van der Waals surface area contributed by atoms with Crippen molar-refractivity contribution in [1.29, 1.82) is 10.5 Å². The number of fused-ring (bicyclic) bond motifs is 1. The van der Waals surface area contributed by atoms with Crippen LogP contribution in [0.1, 0.15) is 17.0 Å². The van der Waals surface area contributed by atoms with E-state index in [-0.39, 0.29) is 23.6 Å². The third-order valence-electron chi connectivity index (χ3n) is 4.83. The van der Waals surface area contributed by atoms with Crippen LogP contribution in [0.15, 0.2) is 54.1 Å². The summed E-state index contributed by atoms with van der Waals surface area (Å²) < 4.78 is 11.0. The first-order chi connectivity index (χ1) is 13.6. The number of methoxy groups -OCH3 is 1. The summed E-state index contributed by atoms with van der Waals surface area (Å²) >= 11 is 0. The summed E-state index contributed by atoms with van der Waals surface area (Å²) in [5, 5.41) is 30.4. The standard InChI is InChI=1S/C21H17N3O4/c1-27-16-8-6-14(7-9-16)18(12-24(25)26)19-13-28-20-5-3-2-4-17(20)21(19)15(10-22)11-23/h2-9,18-19H,12-13H2,1H3/t18-,19-/m0/s1. The van der Waals surface area contributed by atoms with Gasteiger partial charge in [-0.15, -0.1) is 0 Å². The fourth-order valence-corrected chi connectivity index (χ4v) is 3.54. The molecular formula is C21H17N3O4. The van der Waals surface area contributed by atoms with Crippen molar-refractivity contribution in [3.8, 4) is 23.6 Å². The van der Waals surface area contributed by atoms with Crippen molar-refractivity contribution in [2.45, 2.75) is 5.92 Å². The number of nitro groups is 1. The summed E-state index contributed by atoms with van der Waals surface area (Å²) in [6, 6.07) is 18.0. The number of para-hydroxylation sites is 1. The van der Waals surface area contributed by atoms with E-state index in [2.05, 4.69) is 0 Å². The zero-order valence-electron chi connectivity index (χ0n) is 15.2. The molecule has 0 saturated carbocycles. The molecule has 0 fully saturated rings. The molecule has 1 aliphatic heterocycles. The second-order valence-corrected chi connectivity index (χ2v) is 6.32. The van der Waals surface area contributed by atoms with Crippen molar-refractivity contribution in [3.63, 3.8) is 0 Å². The van der Waals surface area contributed by atoms with E-state index in [0.717, 1.165) is 5.56 Å². The Kier molecular flexibility index (Phi) is 5.57. The van der Waals surface area contributed by atoms with Gasteiger partial charge >= 0.3 is 0 Å². The van der Waals surface area contributed by atoms with E-state index >= 15 is 0 Å². The predicted molar refractivity (Wildman–Crippen MR) is 101 cm³/mol. The second-order valence-electron chi connectivity index (χ2n) is 6.32. The number of hydrogen-bond donors (Lipinski definition) is 0. The molecule has 2 atom stereocenters. The van der Waals surface area contributed by atoms with Gasteiger partial charge in [0.25, 0.3) is 0 Å². The van der Waals surface area contributed by atoms with Crippen LogP contribution in [0.4, 0.5) is 0 Å². The molecule has 140 valence electrons. The minimum atomic E-state index is -0.569. The smallest absolute Gasteiger partial charge is 0.211 e. The number of nitriles is 2. The van der Waals surface area contributed by atoms with Gasteiger partial charge in [-0.1, -0.05) is 30.3 Å². The largest absolute Gasteiger partial charge is 0.497 e. The normalized spacial score (nSPS) is 16.0. The van der Waals surface area contributed by atoms with Crippen molar-refractivity contribution in [1.82, 2.24) is 0 Å². The highest BCUT2D eigenvalue weighted by atomic mass is 16.6. The summed E-state index contributed by atoms with van der Waals surface area (Å²) in [5.41, 5.74) is 1.79. The minimum Gasteiger partial charge on any atom is -0.497 e. The van der Waals surface area contributed by atoms with Gasteiger partial charge in [0.05, 0.1) is 19.6 Å². The van der Waals surface area contributed by atoms with Crippen LogP contribution in [-0.2, 0) is 0 Å². The molecule has 0 bridgehead atoms. The molecule has 0 aliphatic carbocycles. The Hall–Kier alpha value is -3.84. The number of nitrogens with zero attached hydrogens (tertiary/aromatic N) is 3. The van der Waals surface area contributed by atoms with Crippen molar-refractivity contribution in [2.75, 3.05) is 20.3 Å². The third kappa shape index (κ3) is 3.65. The Labute approximate surface area is 162 Å². The first-order valence-corrected chi connectivity index (χ1v) is 8.61. The van der Waals surface area contributed by atoms with Crippen LogP contribution in [0.25, 0.3) is 5.57 Å². The molecule has 28 heavy (non-hydrogen) atoms. The lowest BCUT2D eigenvalue weighted by Crippen LogP contribution is -2.30. The molecule has 0 radical (unpaired) electrons. The Bertz CT molecular complexity index is 984. The van der Waals surface area contributed by atoms with E-state index in [1.807, 2.05) is 12.1 Å². The maximum Gasteiger partial charge on any atom is 0.211 e. The maximum absolute atomic E-state index is 11.4. The fraction of sp³-hybridized carbons (Fsp3) is 0.238. The van der Waals surface area contributed by atoms with E-state index in [4.69, 9.17) is 9.47 Å². The van der Waals surface area contributed by atoms with Crippen LogP contribution in [0.5, 0.6) is 11.5 Å². The number of allylic oxidation sites excluding steroid dienone is 1. The third-order valence-corrected chi connectivity index (χ3v) is 4.83. The van der Waals surface area contributed by atoms with Crippen LogP contribution >= 0.6 is 0 Å². The van der Waals surface area contributed by atoms with Crippen molar-refractivity contribution < 1.29 is 14.4 Å². The topological polar surface area (TPSA) is 109 Å². The Morgan fingerprint density at radius 2 is 1.93 bits per heavy atom. The van der Waals surface area contributed by atoms with E-state index in [0.29, 0.717) is 22.6 Å². The number of benzene rings is 2. The summed E-state index contributed by atoms with van der Waals surface area (Å²) in [6.45, 7) is -0.208. The van der Waals surface area contributed by atoms with E-state index in [9.17, 15) is 20.6 Å². The predicted octanol–water partition coefficient (Wildman–Crippen LogP) is 3.57. The van der Waals surface area contributed by atoms with Gasteiger partial charge in [0.2, 0.25) is 6.54 Å². The summed E-state index contributed by atoms with van der Waals surface area (Å²) in [5.74, 6) is 0.120. The highest BCUT2D eigenvalue weighted by Gasteiger charge is 2.37. The van der Waals surface area contributed by atoms with Crippen molar-refractivity contribution in [2.24, 2.45) is 5.92 Å². The van der Waals surface area contributed by atoms with Crippen molar-refractivity contribution in [3.05, 3.63) is 75.3 Å². The molecule has 2 aromatic rings. The molecule has 1 heterocycles. The summed E-state index contributed by atoms with van der Waals surface area (Å²) in [7, 11) is 1.54. The van der Waals surface area contributed by atoms with E-state index < -0.39 is 11.8 Å². The molecule has 7 heteroatoms. The van der Waals surface area contributed by atoms with Gasteiger partial charge in [-0.2, -0.15) is 10.5 Å². The molecule has 0 aromatic heterocycles. The fourth-order valence-electron chi connectivity index (χ4n) is 3.54. The molecule has 0 unspecified atom stereocenters. The van der Waals surface area contributed by atoms with Crippen LogP contribution < -0.4 is 9.47 Å². The van der Waals surface area contributed by atoms with Gasteiger partial charge in [0.15, 0.2) is 0 Å². The maximum atomic E-state index is 11.4. The van der Waals surface area contributed by atoms with Gasteiger partial charge in [-0.05, 0) is 29.3 Å². The molecule has 3 rings (SSSR count). The van der Waals surface area contributed by atoms with Crippen LogP contribution in [-0.4, -0.2) is 25.2 Å². The number of rotatable bonds is 5. The van der Waals surface area contributed by atoms with Gasteiger partial charge in [-0.25, -0.2) is 0 Å².